The zero-order valence-electron chi connectivity index (χ0n) is 13.5. The van der Waals surface area contributed by atoms with Crippen molar-refractivity contribution in [3.63, 3.8) is 0 Å². The summed E-state index contributed by atoms with van der Waals surface area (Å²) in [6, 6.07) is 11.9. The molecular weight excluding hydrogens is 290 g/mol. The molecule has 23 heavy (non-hydrogen) atoms. The molecule has 1 saturated heterocycles. The molecular formula is C18H21N3O2. The summed E-state index contributed by atoms with van der Waals surface area (Å²) >= 11 is 0. The molecule has 0 amide bonds. The molecule has 1 aromatic heterocycles. The highest BCUT2D eigenvalue weighted by Crippen LogP contribution is 2.30. The Labute approximate surface area is 136 Å². The molecule has 0 bridgehead atoms. The van der Waals surface area contributed by atoms with Crippen LogP contribution in [0, 0.1) is 11.8 Å². The Bertz CT molecular complexity index is 675. The number of hydrogen-bond acceptors (Lipinski definition) is 5. The molecule has 0 N–H and O–H groups in total. The molecule has 5 nitrogen and oxygen atoms in total. The maximum absolute atomic E-state index is 11.5. The normalized spacial score (nSPS) is 20.5. The van der Waals surface area contributed by atoms with Crippen molar-refractivity contribution in [2.24, 2.45) is 11.8 Å². The van der Waals surface area contributed by atoms with Gasteiger partial charge in [0.05, 0.1) is 13.5 Å². The smallest absolute Gasteiger partial charge is 0.305 e. The summed E-state index contributed by atoms with van der Waals surface area (Å²) in [4.78, 5) is 22.8. The van der Waals surface area contributed by atoms with Crippen LogP contribution in [0.15, 0.2) is 42.6 Å². The van der Waals surface area contributed by atoms with Gasteiger partial charge in [-0.15, -0.1) is 0 Å². The lowest BCUT2D eigenvalue weighted by atomic mass is 9.95. The molecule has 1 aromatic carbocycles. The van der Waals surface area contributed by atoms with Crippen LogP contribution in [0.2, 0.25) is 0 Å². The standard InChI is InChI=1S/C18H21N3O2/c1-13-11-21(12-15(13)10-17(22)23-2)16-8-9-19-18(20-16)14-6-4-3-5-7-14/h3-9,13,15H,10-12H2,1-2H3/t13-,15-/m1/s1. The van der Waals surface area contributed by atoms with Gasteiger partial charge in [-0.05, 0) is 17.9 Å². The maximum atomic E-state index is 11.5. The van der Waals surface area contributed by atoms with Gasteiger partial charge in [0, 0.05) is 24.8 Å². The zero-order chi connectivity index (χ0) is 16.2. The fourth-order valence-corrected chi connectivity index (χ4v) is 3.04. The Kier molecular flexibility index (Phi) is 4.55. The number of rotatable bonds is 4. The first kappa shape index (κ1) is 15.5. The molecule has 1 fully saturated rings. The first-order chi connectivity index (χ1) is 11.2. The van der Waals surface area contributed by atoms with Crippen LogP contribution in [0.3, 0.4) is 0 Å². The topological polar surface area (TPSA) is 55.3 Å². The van der Waals surface area contributed by atoms with Gasteiger partial charge < -0.3 is 9.64 Å². The summed E-state index contributed by atoms with van der Waals surface area (Å²) in [7, 11) is 1.44. The lowest BCUT2D eigenvalue weighted by Crippen LogP contribution is -2.22. The minimum atomic E-state index is -0.142. The molecule has 1 aliphatic rings. The SMILES string of the molecule is COC(=O)C[C@@H]1CN(c2ccnc(-c3ccccc3)n2)C[C@H]1C. The summed E-state index contributed by atoms with van der Waals surface area (Å²) in [6.07, 6.45) is 2.26. The second-order valence-electron chi connectivity index (χ2n) is 6.03. The van der Waals surface area contributed by atoms with Gasteiger partial charge in [-0.1, -0.05) is 37.3 Å². The van der Waals surface area contributed by atoms with E-state index in [2.05, 4.69) is 16.8 Å². The maximum Gasteiger partial charge on any atom is 0.305 e. The minimum Gasteiger partial charge on any atom is -0.469 e. The average Bonchev–Trinajstić information content (AvgIpc) is 2.96. The number of carbonyl (C=O) groups excluding carboxylic acids is 1. The largest absolute Gasteiger partial charge is 0.469 e. The Hall–Kier alpha value is -2.43. The van der Waals surface area contributed by atoms with E-state index in [1.165, 1.54) is 7.11 Å². The van der Waals surface area contributed by atoms with Gasteiger partial charge in [-0.25, -0.2) is 9.97 Å². The molecule has 2 heterocycles. The lowest BCUT2D eigenvalue weighted by molar-refractivity contribution is -0.141. The van der Waals surface area contributed by atoms with Crippen LogP contribution < -0.4 is 4.90 Å². The second-order valence-corrected chi connectivity index (χ2v) is 6.03. The highest BCUT2D eigenvalue weighted by atomic mass is 16.5. The molecule has 120 valence electrons. The third kappa shape index (κ3) is 3.50. The molecule has 2 aromatic rings. The van der Waals surface area contributed by atoms with E-state index < -0.39 is 0 Å². The Balaban J connectivity index is 1.77. The number of esters is 1. The van der Waals surface area contributed by atoms with Crippen molar-refractivity contribution in [2.75, 3.05) is 25.1 Å². The Morgan fingerprint density at radius 2 is 2.04 bits per heavy atom. The van der Waals surface area contributed by atoms with E-state index in [4.69, 9.17) is 9.72 Å². The summed E-state index contributed by atoms with van der Waals surface area (Å²) in [5.41, 5.74) is 1.01. The zero-order valence-corrected chi connectivity index (χ0v) is 13.5. The molecule has 0 aliphatic carbocycles. The number of benzene rings is 1. The van der Waals surface area contributed by atoms with E-state index in [0.29, 0.717) is 18.3 Å². The molecule has 0 saturated carbocycles. The van der Waals surface area contributed by atoms with E-state index in [-0.39, 0.29) is 5.97 Å². The van der Waals surface area contributed by atoms with Crippen LogP contribution in [0.25, 0.3) is 11.4 Å². The third-order valence-electron chi connectivity index (χ3n) is 4.42. The van der Waals surface area contributed by atoms with Gasteiger partial charge in [0.15, 0.2) is 5.82 Å². The van der Waals surface area contributed by atoms with E-state index in [9.17, 15) is 4.79 Å². The van der Waals surface area contributed by atoms with Gasteiger partial charge in [0.25, 0.3) is 0 Å². The highest BCUT2D eigenvalue weighted by molar-refractivity contribution is 5.69. The Morgan fingerprint density at radius 3 is 2.78 bits per heavy atom. The summed E-state index contributed by atoms with van der Waals surface area (Å²) in [5.74, 6) is 2.24. The van der Waals surface area contributed by atoms with Crippen LogP contribution in [0.1, 0.15) is 13.3 Å². The van der Waals surface area contributed by atoms with Crippen molar-refractivity contribution in [1.82, 2.24) is 9.97 Å². The van der Waals surface area contributed by atoms with E-state index >= 15 is 0 Å². The molecule has 5 heteroatoms. The number of ether oxygens (including phenoxy) is 1. The molecule has 0 radical (unpaired) electrons. The van der Waals surface area contributed by atoms with Crippen molar-refractivity contribution < 1.29 is 9.53 Å². The molecule has 1 aliphatic heterocycles. The fourth-order valence-electron chi connectivity index (χ4n) is 3.04. The van der Waals surface area contributed by atoms with Crippen molar-refractivity contribution in [2.45, 2.75) is 13.3 Å². The third-order valence-corrected chi connectivity index (χ3v) is 4.42. The quantitative estimate of drug-likeness (QED) is 0.813. The summed E-state index contributed by atoms with van der Waals surface area (Å²) in [5, 5.41) is 0. The predicted molar refractivity (Wildman–Crippen MR) is 89.0 cm³/mol. The van der Waals surface area contributed by atoms with Crippen LogP contribution in [0.4, 0.5) is 5.82 Å². The number of anilines is 1. The van der Waals surface area contributed by atoms with Crippen molar-refractivity contribution in [1.29, 1.82) is 0 Å². The van der Waals surface area contributed by atoms with Crippen molar-refractivity contribution in [3.05, 3.63) is 42.6 Å². The first-order valence-electron chi connectivity index (χ1n) is 7.87. The van der Waals surface area contributed by atoms with Gasteiger partial charge in [0.2, 0.25) is 0 Å². The molecule has 0 unspecified atom stereocenters. The first-order valence-corrected chi connectivity index (χ1v) is 7.87. The van der Waals surface area contributed by atoms with E-state index in [1.807, 2.05) is 36.4 Å². The number of hydrogen-bond donors (Lipinski definition) is 0. The van der Waals surface area contributed by atoms with Gasteiger partial charge in [-0.2, -0.15) is 0 Å². The Morgan fingerprint density at radius 1 is 1.26 bits per heavy atom. The minimum absolute atomic E-state index is 0.142. The van der Waals surface area contributed by atoms with Crippen LogP contribution >= 0.6 is 0 Å². The molecule has 2 atom stereocenters. The monoisotopic (exact) mass is 311 g/mol. The van der Waals surface area contributed by atoms with Crippen molar-refractivity contribution >= 4 is 11.8 Å². The van der Waals surface area contributed by atoms with E-state index in [1.54, 1.807) is 6.20 Å². The number of nitrogens with zero attached hydrogens (tertiary/aromatic N) is 3. The van der Waals surface area contributed by atoms with Crippen LogP contribution in [-0.2, 0) is 9.53 Å². The predicted octanol–water partition coefficient (Wildman–Crippen LogP) is 2.78. The fraction of sp³-hybridized carbons (Fsp3) is 0.389. The van der Waals surface area contributed by atoms with Crippen molar-refractivity contribution in [3.8, 4) is 11.4 Å². The average molecular weight is 311 g/mol. The van der Waals surface area contributed by atoms with Crippen LogP contribution in [-0.4, -0.2) is 36.1 Å². The summed E-state index contributed by atoms with van der Waals surface area (Å²) < 4.78 is 4.80. The lowest BCUT2D eigenvalue weighted by Gasteiger charge is -2.17. The van der Waals surface area contributed by atoms with Crippen LogP contribution in [0.5, 0.6) is 0 Å². The highest BCUT2D eigenvalue weighted by Gasteiger charge is 2.32. The van der Waals surface area contributed by atoms with Gasteiger partial charge >= 0.3 is 5.97 Å². The number of aromatic nitrogens is 2. The summed E-state index contributed by atoms with van der Waals surface area (Å²) in [6.45, 7) is 3.89. The number of methoxy groups -OCH3 is 1. The van der Waals surface area contributed by atoms with Gasteiger partial charge in [0.1, 0.15) is 5.82 Å². The second kappa shape index (κ2) is 6.77. The number of carbonyl (C=O) groups is 1. The van der Waals surface area contributed by atoms with Gasteiger partial charge in [-0.3, -0.25) is 4.79 Å². The molecule has 3 rings (SSSR count). The van der Waals surface area contributed by atoms with E-state index in [0.717, 1.165) is 30.3 Å². The molecule has 0 spiro atoms.